The number of benzene rings is 4. The van der Waals surface area contributed by atoms with E-state index in [1.165, 1.54) is 42.5 Å². The van der Waals surface area contributed by atoms with Gasteiger partial charge in [0.1, 0.15) is 46.7 Å². The summed E-state index contributed by atoms with van der Waals surface area (Å²) in [5.74, 6) is -6.17. The fourth-order valence-corrected chi connectivity index (χ4v) is 6.09. The highest BCUT2D eigenvalue weighted by atomic mass is 16.7. The first-order valence-electron chi connectivity index (χ1n) is 12.9. The zero-order valence-electron chi connectivity index (χ0n) is 21.5. The molecule has 0 radical (unpaired) electrons. The molecule has 42 heavy (non-hydrogen) atoms. The molecule has 216 valence electrons. The van der Waals surface area contributed by atoms with Gasteiger partial charge < -0.3 is 60.2 Å². The van der Waals surface area contributed by atoms with Crippen molar-refractivity contribution in [1.29, 1.82) is 0 Å². The van der Waals surface area contributed by atoms with E-state index < -0.39 is 53.0 Å². The van der Waals surface area contributed by atoms with Gasteiger partial charge in [-0.15, -0.1) is 0 Å². The lowest BCUT2D eigenvalue weighted by molar-refractivity contribution is -0.219. The Balaban J connectivity index is 1.44. The molecule has 9 N–H and O–H groups in total. The van der Waals surface area contributed by atoms with E-state index in [0.717, 1.165) is 12.1 Å². The van der Waals surface area contributed by atoms with E-state index in [0.29, 0.717) is 11.1 Å². The van der Waals surface area contributed by atoms with Gasteiger partial charge in [0.2, 0.25) is 0 Å². The first-order valence-corrected chi connectivity index (χ1v) is 12.9. The lowest BCUT2D eigenvalue weighted by Crippen LogP contribution is -2.57. The largest absolute Gasteiger partial charge is 0.508 e. The van der Waals surface area contributed by atoms with Crippen LogP contribution < -0.4 is 14.2 Å². The molecule has 12 heteroatoms. The van der Waals surface area contributed by atoms with Crippen molar-refractivity contribution >= 4 is 0 Å². The average molecular weight is 577 g/mol. The molecule has 0 amide bonds. The van der Waals surface area contributed by atoms with Crippen molar-refractivity contribution in [1.82, 2.24) is 0 Å². The maximum Gasteiger partial charge on any atom is 0.305 e. The van der Waals surface area contributed by atoms with Crippen molar-refractivity contribution in [3.63, 3.8) is 0 Å². The highest BCUT2D eigenvalue weighted by Crippen LogP contribution is 2.62. The van der Waals surface area contributed by atoms with Crippen LogP contribution in [0.5, 0.6) is 57.5 Å². The van der Waals surface area contributed by atoms with Gasteiger partial charge in [0.05, 0.1) is 12.0 Å². The molecule has 2 bridgehead atoms. The third-order valence-corrected chi connectivity index (χ3v) is 8.03. The Morgan fingerprint density at radius 1 is 0.643 bits per heavy atom. The number of aromatic hydroxyl groups is 7. The standard InChI is InChI=1S/C30H24O12/c31-13-7-19(36)24-23(8-13)41-30(12-2-4-16(33)18(35)6-12)29(39)26(24)25-20(37)10-22-14(28(25)42-30)9-21(38)27(40-22)11-1-3-15(32)17(34)5-11/h1-8,10,21,26-27,29,31-39H,9H2/t21-,26+,27-,29-,30?/m1/s1. The number of fused-ring (bicyclic) bond motifs is 8. The Hall–Kier alpha value is -5.20. The summed E-state index contributed by atoms with van der Waals surface area (Å²) in [4.78, 5) is 0. The summed E-state index contributed by atoms with van der Waals surface area (Å²) in [6.07, 6.45) is -3.92. The number of phenolic OH excluding ortho intramolecular Hbond substituents is 7. The zero-order chi connectivity index (χ0) is 29.7. The highest BCUT2D eigenvalue weighted by Gasteiger charge is 2.60. The van der Waals surface area contributed by atoms with Crippen LogP contribution in [0, 0.1) is 0 Å². The first-order chi connectivity index (χ1) is 20.0. The number of aliphatic hydroxyl groups excluding tert-OH is 2. The Bertz CT molecular complexity index is 1790. The normalized spacial score (nSPS) is 25.2. The second-order valence-electron chi connectivity index (χ2n) is 10.5. The predicted molar refractivity (Wildman–Crippen MR) is 141 cm³/mol. The Morgan fingerprint density at radius 2 is 1.33 bits per heavy atom. The van der Waals surface area contributed by atoms with E-state index in [1.807, 2.05) is 0 Å². The molecule has 3 heterocycles. The number of hydrogen-bond donors (Lipinski definition) is 9. The summed E-state index contributed by atoms with van der Waals surface area (Å²) in [6, 6.07) is 11.2. The molecule has 1 unspecified atom stereocenters. The van der Waals surface area contributed by atoms with Gasteiger partial charge in [0, 0.05) is 46.9 Å². The van der Waals surface area contributed by atoms with E-state index in [2.05, 4.69) is 0 Å². The summed E-state index contributed by atoms with van der Waals surface area (Å²) in [5.41, 5.74) is 0.813. The van der Waals surface area contributed by atoms with Crippen LogP contribution in [0.25, 0.3) is 0 Å². The molecule has 0 aromatic heterocycles. The van der Waals surface area contributed by atoms with E-state index in [4.69, 9.17) is 14.2 Å². The van der Waals surface area contributed by atoms with Crippen molar-refractivity contribution in [2.45, 2.75) is 36.4 Å². The van der Waals surface area contributed by atoms with Crippen LogP contribution in [0.1, 0.15) is 39.8 Å². The fraction of sp³-hybridized carbons (Fsp3) is 0.200. The topological polar surface area (TPSA) is 210 Å². The monoisotopic (exact) mass is 576 g/mol. The van der Waals surface area contributed by atoms with E-state index in [1.54, 1.807) is 0 Å². The molecule has 5 atom stereocenters. The average Bonchev–Trinajstić information content (AvgIpc) is 2.92. The van der Waals surface area contributed by atoms with E-state index >= 15 is 0 Å². The molecule has 0 saturated heterocycles. The van der Waals surface area contributed by atoms with Gasteiger partial charge in [-0.1, -0.05) is 6.07 Å². The summed E-state index contributed by atoms with van der Waals surface area (Å²) >= 11 is 0. The predicted octanol–water partition coefficient (Wildman–Crippen LogP) is 2.79. The summed E-state index contributed by atoms with van der Waals surface area (Å²) in [5, 5.41) is 95.1. The molecule has 0 fully saturated rings. The maximum atomic E-state index is 11.8. The van der Waals surface area contributed by atoms with Gasteiger partial charge in [-0.05, 0) is 35.9 Å². The van der Waals surface area contributed by atoms with Gasteiger partial charge in [-0.25, -0.2) is 0 Å². The van der Waals surface area contributed by atoms with Gasteiger partial charge in [-0.2, -0.15) is 0 Å². The SMILES string of the molecule is Oc1cc(O)c2c(c1)OC1(c3ccc(O)c(O)c3)Oc3c4c(cc(O)c3[C@H]2[C@H]1O)O[C@H](c1ccc(O)c(O)c1)[C@H](O)C4. The van der Waals surface area contributed by atoms with Crippen LogP contribution in [0.4, 0.5) is 0 Å². The maximum absolute atomic E-state index is 11.8. The van der Waals surface area contributed by atoms with E-state index in [9.17, 15) is 46.0 Å². The molecule has 3 aliphatic rings. The third-order valence-electron chi connectivity index (χ3n) is 8.03. The van der Waals surface area contributed by atoms with Crippen molar-refractivity contribution in [3.8, 4) is 57.5 Å². The molecular weight excluding hydrogens is 552 g/mol. The molecular formula is C30H24O12. The molecule has 4 aromatic rings. The van der Waals surface area contributed by atoms with Gasteiger partial charge in [0.25, 0.3) is 0 Å². The van der Waals surface area contributed by atoms with Crippen LogP contribution in [0.15, 0.2) is 54.6 Å². The van der Waals surface area contributed by atoms with E-state index in [-0.39, 0.29) is 57.6 Å². The van der Waals surface area contributed by atoms with Crippen molar-refractivity contribution in [2.24, 2.45) is 0 Å². The number of phenols is 7. The quantitative estimate of drug-likeness (QED) is 0.158. The van der Waals surface area contributed by atoms with Crippen molar-refractivity contribution in [2.75, 3.05) is 0 Å². The lowest BCUT2D eigenvalue weighted by atomic mass is 9.74. The summed E-state index contributed by atoms with van der Waals surface area (Å²) in [7, 11) is 0. The van der Waals surface area contributed by atoms with Crippen molar-refractivity contribution in [3.05, 3.63) is 82.4 Å². The Kier molecular flexibility index (Phi) is 5.30. The van der Waals surface area contributed by atoms with Gasteiger partial charge >= 0.3 is 5.79 Å². The lowest BCUT2D eigenvalue weighted by Gasteiger charge is -2.50. The second kappa shape index (κ2) is 8.65. The number of aliphatic hydroxyl groups is 2. The molecule has 0 saturated carbocycles. The molecule has 12 nitrogen and oxygen atoms in total. The van der Waals surface area contributed by atoms with Crippen LogP contribution in [0.2, 0.25) is 0 Å². The van der Waals surface area contributed by atoms with Gasteiger partial charge in [0.15, 0.2) is 23.0 Å². The van der Waals surface area contributed by atoms with Crippen LogP contribution in [-0.4, -0.2) is 58.2 Å². The third kappa shape index (κ3) is 3.49. The zero-order valence-corrected chi connectivity index (χ0v) is 21.5. The number of ether oxygens (including phenoxy) is 3. The fourth-order valence-electron chi connectivity index (χ4n) is 6.09. The minimum atomic E-state index is -2.12. The molecule has 0 spiro atoms. The summed E-state index contributed by atoms with van der Waals surface area (Å²) < 4.78 is 18.6. The molecule has 3 aliphatic heterocycles. The van der Waals surface area contributed by atoms with Gasteiger partial charge in [-0.3, -0.25) is 0 Å². The Labute approximate surface area is 236 Å². The number of hydrogen-bond acceptors (Lipinski definition) is 12. The molecule has 0 aliphatic carbocycles. The Morgan fingerprint density at radius 3 is 2.05 bits per heavy atom. The smallest absolute Gasteiger partial charge is 0.305 e. The molecule has 4 aromatic carbocycles. The highest BCUT2D eigenvalue weighted by molar-refractivity contribution is 5.68. The molecule has 7 rings (SSSR count). The first kappa shape index (κ1) is 25.7. The summed E-state index contributed by atoms with van der Waals surface area (Å²) in [6.45, 7) is 0. The van der Waals surface area contributed by atoms with Crippen LogP contribution in [0.3, 0.4) is 0 Å². The van der Waals surface area contributed by atoms with Crippen LogP contribution >= 0.6 is 0 Å². The minimum absolute atomic E-state index is 0.0166. The van der Waals surface area contributed by atoms with Crippen molar-refractivity contribution < 1.29 is 60.2 Å². The minimum Gasteiger partial charge on any atom is -0.508 e. The number of rotatable bonds is 2. The second-order valence-corrected chi connectivity index (χ2v) is 10.5. The van der Waals surface area contributed by atoms with Crippen LogP contribution in [-0.2, 0) is 12.2 Å².